The van der Waals surface area contributed by atoms with Gasteiger partial charge in [-0.25, -0.2) is 4.98 Å². The van der Waals surface area contributed by atoms with Gasteiger partial charge < -0.3 is 14.6 Å². The Labute approximate surface area is 184 Å². The summed E-state index contributed by atoms with van der Waals surface area (Å²) >= 11 is 6.31. The van der Waals surface area contributed by atoms with Gasteiger partial charge in [0.25, 0.3) is 5.91 Å². The van der Waals surface area contributed by atoms with Gasteiger partial charge in [0.05, 0.1) is 5.02 Å². The van der Waals surface area contributed by atoms with Crippen LogP contribution in [-0.4, -0.2) is 52.8 Å². The van der Waals surface area contributed by atoms with E-state index in [9.17, 15) is 4.79 Å². The zero-order valence-electron chi connectivity index (χ0n) is 18.5. The van der Waals surface area contributed by atoms with Crippen LogP contribution in [0.25, 0.3) is 0 Å². The Morgan fingerprint density at radius 1 is 1.27 bits per heavy atom. The van der Waals surface area contributed by atoms with Gasteiger partial charge in [0, 0.05) is 38.3 Å². The number of oxime groups is 1. The summed E-state index contributed by atoms with van der Waals surface area (Å²) in [5.74, 6) is 1.51. The Morgan fingerprint density at radius 3 is 2.63 bits per heavy atom. The molecule has 2 aliphatic heterocycles. The Balaban J connectivity index is 1.35. The van der Waals surface area contributed by atoms with Gasteiger partial charge in [-0.3, -0.25) is 4.79 Å². The summed E-state index contributed by atoms with van der Waals surface area (Å²) in [5.41, 5.74) is 0.644. The van der Waals surface area contributed by atoms with Crippen molar-refractivity contribution >= 4 is 29.0 Å². The van der Waals surface area contributed by atoms with Crippen molar-refractivity contribution < 1.29 is 9.63 Å². The number of anilines is 1. The summed E-state index contributed by atoms with van der Waals surface area (Å²) < 4.78 is 0. The SMILES string of the molecule is CC1CN(c2ncccc2Cl)CCN1C(=O)C1=NOC2(CCC(C(C)(C)C)CC2)C1. The molecule has 1 spiro atoms. The number of piperazine rings is 1. The molecule has 164 valence electrons. The Hall–Kier alpha value is -1.82. The van der Waals surface area contributed by atoms with Gasteiger partial charge in [-0.15, -0.1) is 0 Å². The van der Waals surface area contributed by atoms with Gasteiger partial charge in [0.15, 0.2) is 0 Å². The zero-order valence-corrected chi connectivity index (χ0v) is 19.3. The minimum atomic E-state index is -0.265. The van der Waals surface area contributed by atoms with E-state index < -0.39 is 0 Å². The van der Waals surface area contributed by atoms with Gasteiger partial charge in [0.1, 0.15) is 17.1 Å². The number of aromatic nitrogens is 1. The quantitative estimate of drug-likeness (QED) is 0.689. The van der Waals surface area contributed by atoms with E-state index in [0.717, 1.165) is 31.5 Å². The van der Waals surface area contributed by atoms with Crippen molar-refractivity contribution in [3.05, 3.63) is 23.4 Å². The van der Waals surface area contributed by atoms with Crippen molar-refractivity contribution in [3.63, 3.8) is 0 Å². The first-order chi connectivity index (χ1) is 14.2. The average Bonchev–Trinajstić information content (AvgIpc) is 3.11. The van der Waals surface area contributed by atoms with Crippen LogP contribution in [0.3, 0.4) is 0 Å². The maximum absolute atomic E-state index is 13.2. The summed E-state index contributed by atoms with van der Waals surface area (Å²) in [5, 5.41) is 4.92. The van der Waals surface area contributed by atoms with Crippen LogP contribution in [0.4, 0.5) is 5.82 Å². The molecule has 1 aliphatic carbocycles. The number of nitrogens with zero attached hydrogens (tertiary/aromatic N) is 4. The predicted octanol–water partition coefficient (Wildman–Crippen LogP) is 4.52. The summed E-state index contributed by atoms with van der Waals surface area (Å²) in [6, 6.07) is 3.74. The van der Waals surface area contributed by atoms with E-state index in [-0.39, 0.29) is 17.6 Å². The molecule has 0 aromatic carbocycles. The Morgan fingerprint density at radius 2 is 2.00 bits per heavy atom. The molecule has 1 aromatic rings. The molecule has 4 rings (SSSR count). The van der Waals surface area contributed by atoms with E-state index in [1.54, 1.807) is 6.20 Å². The van der Waals surface area contributed by atoms with E-state index in [1.165, 1.54) is 0 Å². The molecule has 3 heterocycles. The normalized spacial score (nSPS) is 29.7. The standard InChI is InChI=1S/C23H33ClN4O2/c1-16-15-27(20-18(24)6-5-11-25-20)12-13-28(16)21(29)19-14-23(30-26-19)9-7-17(8-10-23)22(2,3)4/h5-6,11,16-17H,7-10,12-15H2,1-4H3. The number of pyridine rings is 1. The van der Waals surface area contributed by atoms with E-state index in [0.29, 0.717) is 48.1 Å². The highest BCUT2D eigenvalue weighted by atomic mass is 35.5. The van der Waals surface area contributed by atoms with Crippen molar-refractivity contribution in [1.82, 2.24) is 9.88 Å². The molecular formula is C23H33ClN4O2. The lowest BCUT2D eigenvalue weighted by atomic mass is 9.67. The molecule has 6 nitrogen and oxygen atoms in total. The van der Waals surface area contributed by atoms with Crippen LogP contribution in [0.1, 0.15) is 59.8 Å². The van der Waals surface area contributed by atoms with Crippen LogP contribution in [-0.2, 0) is 9.63 Å². The van der Waals surface area contributed by atoms with E-state index in [4.69, 9.17) is 16.4 Å². The third-order valence-corrected chi connectivity index (χ3v) is 7.43. The minimum absolute atomic E-state index is 0.0177. The number of rotatable bonds is 2. The van der Waals surface area contributed by atoms with Crippen LogP contribution in [0.2, 0.25) is 5.02 Å². The van der Waals surface area contributed by atoms with E-state index >= 15 is 0 Å². The molecular weight excluding hydrogens is 400 g/mol. The second kappa shape index (κ2) is 8.03. The highest BCUT2D eigenvalue weighted by Gasteiger charge is 2.47. The zero-order chi connectivity index (χ0) is 21.5. The van der Waals surface area contributed by atoms with Crippen LogP contribution >= 0.6 is 11.6 Å². The highest BCUT2D eigenvalue weighted by Crippen LogP contribution is 2.46. The lowest BCUT2D eigenvalue weighted by molar-refractivity contribution is -0.126. The highest BCUT2D eigenvalue weighted by molar-refractivity contribution is 6.39. The van der Waals surface area contributed by atoms with E-state index in [1.807, 2.05) is 17.0 Å². The molecule has 1 atom stereocenters. The summed E-state index contributed by atoms with van der Waals surface area (Å²) in [6.45, 7) is 11.1. The molecule has 1 amide bonds. The molecule has 1 saturated carbocycles. The molecule has 7 heteroatoms. The maximum atomic E-state index is 13.2. The molecule has 2 fully saturated rings. The second-order valence-corrected chi connectivity index (χ2v) is 10.6. The van der Waals surface area contributed by atoms with Crippen LogP contribution in [0.5, 0.6) is 0 Å². The lowest BCUT2D eigenvalue weighted by Gasteiger charge is -2.41. The van der Waals surface area contributed by atoms with Crippen molar-refractivity contribution in [2.24, 2.45) is 16.5 Å². The second-order valence-electron chi connectivity index (χ2n) is 10.2. The van der Waals surface area contributed by atoms with Gasteiger partial charge >= 0.3 is 0 Å². The molecule has 0 bridgehead atoms. The summed E-state index contributed by atoms with van der Waals surface area (Å²) in [4.78, 5) is 27.6. The number of carbonyl (C=O) groups excluding carboxylic acids is 1. The fourth-order valence-electron chi connectivity index (χ4n) is 5.14. The van der Waals surface area contributed by atoms with Gasteiger partial charge in [-0.2, -0.15) is 0 Å². The fraction of sp³-hybridized carbons (Fsp3) is 0.696. The molecule has 0 radical (unpaired) electrons. The first-order valence-corrected chi connectivity index (χ1v) is 11.5. The number of halogens is 1. The maximum Gasteiger partial charge on any atom is 0.272 e. The molecule has 3 aliphatic rings. The predicted molar refractivity (Wildman–Crippen MR) is 120 cm³/mol. The molecule has 30 heavy (non-hydrogen) atoms. The third kappa shape index (κ3) is 4.16. The van der Waals surface area contributed by atoms with Crippen LogP contribution < -0.4 is 4.90 Å². The number of hydrogen-bond donors (Lipinski definition) is 0. The van der Waals surface area contributed by atoms with Crippen LogP contribution in [0, 0.1) is 11.3 Å². The monoisotopic (exact) mass is 432 g/mol. The summed E-state index contributed by atoms with van der Waals surface area (Å²) in [7, 11) is 0. The fourth-order valence-corrected chi connectivity index (χ4v) is 5.38. The lowest BCUT2D eigenvalue weighted by Crippen LogP contribution is -2.56. The number of hydrogen-bond acceptors (Lipinski definition) is 5. The van der Waals surface area contributed by atoms with E-state index in [2.05, 4.69) is 42.7 Å². The first-order valence-electron chi connectivity index (χ1n) is 11.1. The van der Waals surface area contributed by atoms with Gasteiger partial charge in [-0.1, -0.05) is 37.5 Å². The van der Waals surface area contributed by atoms with Crippen molar-refractivity contribution in [2.45, 2.75) is 71.4 Å². The van der Waals surface area contributed by atoms with Gasteiger partial charge in [0.2, 0.25) is 0 Å². The molecule has 0 N–H and O–H groups in total. The molecule has 1 aromatic heterocycles. The largest absolute Gasteiger partial charge is 0.388 e. The summed E-state index contributed by atoms with van der Waals surface area (Å²) in [6.07, 6.45) is 6.64. The number of carbonyl (C=O) groups is 1. The first kappa shape index (κ1) is 21.4. The Bertz CT molecular complexity index is 827. The molecule has 1 unspecified atom stereocenters. The minimum Gasteiger partial charge on any atom is -0.388 e. The van der Waals surface area contributed by atoms with Crippen molar-refractivity contribution in [2.75, 3.05) is 24.5 Å². The van der Waals surface area contributed by atoms with Crippen molar-refractivity contribution in [3.8, 4) is 0 Å². The topological polar surface area (TPSA) is 58.0 Å². The van der Waals surface area contributed by atoms with Crippen molar-refractivity contribution in [1.29, 1.82) is 0 Å². The molecule has 1 saturated heterocycles. The third-order valence-electron chi connectivity index (χ3n) is 7.13. The van der Waals surface area contributed by atoms with Crippen LogP contribution in [0.15, 0.2) is 23.5 Å². The smallest absolute Gasteiger partial charge is 0.272 e. The number of amides is 1. The Kier molecular flexibility index (Phi) is 5.73. The van der Waals surface area contributed by atoms with Gasteiger partial charge in [-0.05, 0) is 56.1 Å². The average molecular weight is 433 g/mol.